The van der Waals surface area contributed by atoms with E-state index < -0.39 is 0 Å². The molecule has 1 unspecified atom stereocenters. The van der Waals surface area contributed by atoms with Gasteiger partial charge in [-0.05, 0) is 38.0 Å². The Morgan fingerprint density at radius 3 is 2.73 bits per heavy atom. The second-order valence-corrected chi connectivity index (χ2v) is 9.17. The molecule has 0 aromatic carbocycles. The van der Waals surface area contributed by atoms with Crippen LogP contribution in [0, 0.1) is 6.92 Å². The van der Waals surface area contributed by atoms with Gasteiger partial charge in [0.2, 0.25) is 0 Å². The van der Waals surface area contributed by atoms with E-state index in [9.17, 15) is 9.59 Å². The highest BCUT2D eigenvalue weighted by atomic mass is 32.2. The molecule has 2 aromatic heterocycles. The summed E-state index contributed by atoms with van der Waals surface area (Å²) in [5, 5.41) is 0. The summed E-state index contributed by atoms with van der Waals surface area (Å²) < 4.78 is 7.53. The number of aromatic nitrogens is 2. The number of morpholine rings is 1. The summed E-state index contributed by atoms with van der Waals surface area (Å²) in [6, 6.07) is 3.79. The Morgan fingerprint density at radius 1 is 1.30 bits per heavy atom. The molecule has 4 rings (SSSR count). The third-order valence-electron chi connectivity index (χ3n) is 5.43. The van der Waals surface area contributed by atoms with Crippen molar-refractivity contribution in [2.24, 2.45) is 0 Å². The van der Waals surface area contributed by atoms with Crippen molar-refractivity contribution in [1.29, 1.82) is 0 Å². The van der Waals surface area contributed by atoms with E-state index in [1.807, 2.05) is 37.8 Å². The third kappa shape index (κ3) is 3.77. The van der Waals surface area contributed by atoms with Gasteiger partial charge in [-0.25, -0.2) is 4.98 Å². The zero-order valence-electron chi connectivity index (χ0n) is 17.3. The van der Waals surface area contributed by atoms with Gasteiger partial charge in [-0.1, -0.05) is 37.0 Å². The fraction of sp³-hybridized carbons (Fsp3) is 0.429. The molecular formula is C21H24N4O3S2. The Bertz CT molecular complexity index is 1110. The second-order valence-electron chi connectivity index (χ2n) is 7.50. The predicted octanol–water partition coefficient (Wildman–Crippen LogP) is 2.84. The monoisotopic (exact) mass is 444 g/mol. The van der Waals surface area contributed by atoms with Crippen LogP contribution in [-0.2, 0) is 9.53 Å². The molecule has 2 aliphatic rings. The maximum Gasteiger partial charge on any atom is 0.267 e. The summed E-state index contributed by atoms with van der Waals surface area (Å²) >= 11 is 6.68. The Balaban J connectivity index is 1.87. The lowest BCUT2D eigenvalue weighted by atomic mass is 10.2. The topological polar surface area (TPSA) is 67.2 Å². The maximum absolute atomic E-state index is 13.4. The summed E-state index contributed by atoms with van der Waals surface area (Å²) in [4.78, 5) is 35.4. The summed E-state index contributed by atoms with van der Waals surface area (Å²) in [6.45, 7) is 8.35. The minimum atomic E-state index is -0.195. The maximum atomic E-state index is 13.4. The lowest BCUT2D eigenvalue weighted by Crippen LogP contribution is -2.39. The molecule has 0 radical (unpaired) electrons. The molecule has 9 heteroatoms. The smallest absolute Gasteiger partial charge is 0.267 e. The number of amides is 1. The van der Waals surface area contributed by atoms with Gasteiger partial charge >= 0.3 is 0 Å². The average molecular weight is 445 g/mol. The van der Waals surface area contributed by atoms with Crippen molar-refractivity contribution in [2.75, 3.05) is 31.2 Å². The van der Waals surface area contributed by atoms with Crippen LogP contribution in [0.1, 0.15) is 31.4 Å². The van der Waals surface area contributed by atoms with Crippen LogP contribution in [0.2, 0.25) is 0 Å². The number of carbonyl (C=O) groups excluding carboxylic acids is 1. The van der Waals surface area contributed by atoms with E-state index in [-0.39, 0.29) is 17.5 Å². The number of hydrogen-bond acceptors (Lipinski definition) is 7. The van der Waals surface area contributed by atoms with Gasteiger partial charge in [0.25, 0.3) is 11.5 Å². The highest BCUT2D eigenvalue weighted by Gasteiger charge is 2.35. The molecule has 2 aliphatic heterocycles. The van der Waals surface area contributed by atoms with Crippen molar-refractivity contribution in [3.8, 4) is 0 Å². The normalized spacial score (nSPS) is 19.9. The van der Waals surface area contributed by atoms with Crippen LogP contribution in [-0.4, -0.2) is 56.9 Å². The number of nitrogens with zero attached hydrogens (tertiary/aromatic N) is 4. The first-order valence-electron chi connectivity index (χ1n) is 10.0. The van der Waals surface area contributed by atoms with Crippen molar-refractivity contribution >= 4 is 51.7 Å². The number of pyridine rings is 1. The van der Waals surface area contributed by atoms with Gasteiger partial charge < -0.3 is 9.64 Å². The third-order valence-corrected chi connectivity index (χ3v) is 6.76. The van der Waals surface area contributed by atoms with Crippen LogP contribution in [0.3, 0.4) is 0 Å². The number of hydrogen-bond donors (Lipinski definition) is 0. The van der Waals surface area contributed by atoms with Crippen LogP contribution in [0.4, 0.5) is 5.82 Å². The van der Waals surface area contributed by atoms with Crippen molar-refractivity contribution in [3.63, 3.8) is 0 Å². The number of aryl methyl sites for hydroxylation is 1. The molecule has 2 aromatic rings. The largest absolute Gasteiger partial charge is 0.378 e. The van der Waals surface area contributed by atoms with Crippen molar-refractivity contribution in [3.05, 3.63) is 44.7 Å². The lowest BCUT2D eigenvalue weighted by molar-refractivity contribution is -0.123. The van der Waals surface area contributed by atoms with E-state index in [1.54, 1.807) is 21.6 Å². The molecule has 158 valence electrons. The summed E-state index contributed by atoms with van der Waals surface area (Å²) in [7, 11) is 0. The van der Waals surface area contributed by atoms with Gasteiger partial charge in [0.15, 0.2) is 0 Å². The quantitative estimate of drug-likeness (QED) is 0.531. The number of thioether (sulfide) groups is 1. The molecule has 0 bridgehead atoms. The molecule has 4 heterocycles. The molecule has 0 spiro atoms. The van der Waals surface area contributed by atoms with E-state index >= 15 is 0 Å². The van der Waals surface area contributed by atoms with Crippen LogP contribution in [0.5, 0.6) is 0 Å². The zero-order valence-corrected chi connectivity index (χ0v) is 18.9. The number of carbonyl (C=O) groups is 1. The lowest BCUT2D eigenvalue weighted by Gasteiger charge is -2.29. The standard InChI is InChI=1S/C21H24N4O3S2/c1-4-14(3)25-20(27)16(30-21(25)29)11-15-18(23-7-9-28-10-8-23)22-17-6-5-13(2)12-24(17)19(15)26/h5-6,11-12,14H,4,7-10H2,1-3H3. The summed E-state index contributed by atoms with van der Waals surface area (Å²) in [6.07, 6.45) is 4.24. The minimum absolute atomic E-state index is 0.0144. The Morgan fingerprint density at radius 2 is 2.03 bits per heavy atom. The summed E-state index contributed by atoms with van der Waals surface area (Å²) in [5.41, 5.74) is 1.75. The average Bonchev–Trinajstić information content (AvgIpc) is 3.03. The van der Waals surface area contributed by atoms with E-state index in [4.69, 9.17) is 21.9 Å². The molecule has 7 nitrogen and oxygen atoms in total. The zero-order chi connectivity index (χ0) is 21.4. The Hall–Kier alpha value is -2.23. The molecule has 1 atom stereocenters. The Kier molecular flexibility index (Phi) is 5.95. The molecule has 2 fully saturated rings. The first-order chi connectivity index (χ1) is 14.4. The SMILES string of the molecule is CCC(C)N1C(=O)C(=Cc2c(N3CCOCC3)nc3ccc(C)cn3c2=O)SC1=S. The minimum Gasteiger partial charge on any atom is -0.378 e. The molecule has 1 amide bonds. The van der Waals surface area contributed by atoms with Gasteiger partial charge in [0.05, 0.1) is 23.7 Å². The van der Waals surface area contributed by atoms with Crippen LogP contribution < -0.4 is 10.5 Å². The first kappa shape index (κ1) is 21.0. The van der Waals surface area contributed by atoms with Crippen molar-refractivity contribution in [2.45, 2.75) is 33.2 Å². The van der Waals surface area contributed by atoms with Crippen molar-refractivity contribution in [1.82, 2.24) is 14.3 Å². The van der Waals surface area contributed by atoms with Crippen molar-refractivity contribution < 1.29 is 9.53 Å². The molecule has 0 saturated carbocycles. The van der Waals surface area contributed by atoms with Gasteiger partial charge in [-0.2, -0.15) is 0 Å². The number of anilines is 1. The van der Waals surface area contributed by atoms with Crippen LogP contribution in [0.25, 0.3) is 11.7 Å². The molecular weight excluding hydrogens is 420 g/mol. The number of thiocarbonyl (C=S) groups is 1. The highest BCUT2D eigenvalue weighted by molar-refractivity contribution is 8.26. The van der Waals surface area contributed by atoms with E-state index in [0.717, 1.165) is 12.0 Å². The van der Waals surface area contributed by atoms with Gasteiger partial charge in [0.1, 0.15) is 15.8 Å². The van der Waals surface area contributed by atoms with Gasteiger partial charge in [-0.3, -0.25) is 18.9 Å². The molecule has 0 N–H and O–H groups in total. The summed E-state index contributed by atoms with van der Waals surface area (Å²) in [5.74, 6) is 0.432. The molecule has 2 saturated heterocycles. The number of ether oxygens (including phenoxy) is 1. The molecule has 0 aliphatic carbocycles. The predicted molar refractivity (Wildman–Crippen MR) is 124 cm³/mol. The fourth-order valence-corrected chi connectivity index (χ4v) is 5.01. The first-order valence-corrected chi connectivity index (χ1v) is 11.3. The van der Waals surface area contributed by atoms with Crippen LogP contribution in [0.15, 0.2) is 28.0 Å². The second kappa shape index (κ2) is 8.49. The fourth-order valence-electron chi connectivity index (χ4n) is 3.56. The number of rotatable bonds is 4. The van der Waals surface area contributed by atoms with E-state index in [1.165, 1.54) is 11.8 Å². The number of fused-ring (bicyclic) bond motifs is 1. The van der Waals surface area contributed by atoms with Gasteiger partial charge in [0, 0.05) is 25.3 Å². The molecule has 30 heavy (non-hydrogen) atoms. The van der Waals surface area contributed by atoms with E-state index in [0.29, 0.717) is 52.6 Å². The Labute approximate surface area is 184 Å². The van der Waals surface area contributed by atoms with Gasteiger partial charge in [-0.15, -0.1) is 0 Å². The highest BCUT2D eigenvalue weighted by Crippen LogP contribution is 2.35. The van der Waals surface area contributed by atoms with Crippen LogP contribution >= 0.6 is 24.0 Å². The van der Waals surface area contributed by atoms with E-state index in [2.05, 4.69) is 0 Å².